The molecular weight excluding hydrogens is 202 g/mol. The van der Waals surface area contributed by atoms with Crippen molar-refractivity contribution in [3.8, 4) is 0 Å². The molecule has 0 amide bonds. The zero-order valence-corrected chi connectivity index (χ0v) is 9.42. The second-order valence-electron chi connectivity index (χ2n) is 3.17. The van der Waals surface area contributed by atoms with Crippen LogP contribution in [-0.4, -0.2) is 32.8 Å². The number of hydrogen-bond acceptors (Lipinski definition) is 4. The van der Waals surface area contributed by atoms with Gasteiger partial charge in [-0.3, -0.25) is 0 Å². The maximum absolute atomic E-state index is 10.9. The van der Waals surface area contributed by atoms with E-state index in [4.69, 9.17) is 4.55 Å². The fourth-order valence-corrected chi connectivity index (χ4v) is 1.74. The van der Waals surface area contributed by atoms with Crippen molar-refractivity contribution < 1.29 is 8.76 Å². The molecule has 0 spiro atoms. The first-order valence-electron chi connectivity index (χ1n) is 4.07. The van der Waals surface area contributed by atoms with E-state index in [0.717, 1.165) is 0 Å². The van der Waals surface area contributed by atoms with E-state index in [1.807, 2.05) is 14.1 Å². The van der Waals surface area contributed by atoms with Crippen LogP contribution in [0.4, 0.5) is 5.95 Å². The van der Waals surface area contributed by atoms with Crippen LogP contribution in [0, 0.1) is 13.8 Å². The normalized spacial score (nSPS) is 12.6. The largest absolute Gasteiger partial charge is 0.347 e. The number of nitrogens with zero attached hydrogens (tertiary/aromatic N) is 3. The molecule has 1 heterocycles. The third-order valence-electron chi connectivity index (χ3n) is 1.77. The second-order valence-corrected chi connectivity index (χ2v) is 4.07. The minimum Gasteiger partial charge on any atom is -0.347 e. The Hall–Kier alpha value is -1.01. The highest BCUT2D eigenvalue weighted by Crippen LogP contribution is 2.16. The Labute approximate surface area is 85.5 Å². The predicted octanol–water partition coefficient (Wildman–Crippen LogP) is 0.740. The van der Waals surface area contributed by atoms with Crippen LogP contribution in [0.2, 0.25) is 0 Å². The number of aromatic nitrogens is 2. The number of rotatable bonds is 2. The van der Waals surface area contributed by atoms with Crippen LogP contribution in [0.5, 0.6) is 0 Å². The van der Waals surface area contributed by atoms with Gasteiger partial charge in [0.25, 0.3) is 0 Å². The van der Waals surface area contributed by atoms with Gasteiger partial charge in [0.15, 0.2) is 11.1 Å². The van der Waals surface area contributed by atoms with Crippen LogP contribution in [0.3, 0.4) is 0 Å². The number of anilines is 1. The molecule has 78 valence electrons. The standard InChI is InChI=1S/C8H13N3O2S/c1-5-7(14(12)13)6(2)10-8(9-5)11(3)4/h1-4H3,(H,12,13). The molecule has 0 bridgehead atoms. The predicted molar refractivity (Wildman–Crippen MR) is 54.9 cm³/mol. The van der Waals surface area contributed by atoms with E-state index in [1.54, 1.807) is 18.7 Å². The molecule has 1 atom stereocenters. The number of hydrogen-bond donors (Lipinski definition) is 1. The lowest BCUT2D eigenvalue weighted by Crippen LogP contribution is -2.15. The minimum absolute atomic E-state index is 0.301. The van der Waals surface area contributed by atoms with Crippen LogP contribution in [0.1, 0.15) is 11.4 Å². The summed E-state index contributed by atoms with van der Waals surface area (Å²) in [7, 11) is 3.65. The molecule has 5 nitrogen and oxygen atoms in total. The Morgan fingerprint density at radius 2 is 1.64 bits per heavy atom. The fraction of sp³-hybridized carbons (Fsp3) is 0.500. The molecule has 0 fully saturated rings. The van der Waals surface area contributed by atoms with Crippen LogP contribution >= 0.6 is 0 Å². The van der Waals surface area contributed by atoms with Gasteiger partial charge in [0.2, 0.25) is 5.95 Å². The van der Waals surface area contributed by atoms with E-state index in [2.05, 4.69) is 9.97 Å². The van der Waals surface area contributed by atoms with Crippen molar-refractivity contribution in [2.45, 2.75) is 18.7 Å². The van der Waals surface area contributed by atoms with E-state index in [1.165, 1.54) is 0 Å². The zero-order valence-electron chi connectivity index (χ0n) is 8.61. The lowest BCUT2D eigenvalue weighted by molar-refractivity contribution is 0.561. The molecule has 0 saturated carbocycles. The summed E-state index contributed by atoms with van der Waals surface area (Å²) >= 11 is -2.02. The van der Waals surface area contributed by atoms with Gasteiger partial charge in [-0.05, 0) is 13.8 Å². The molecule has 14 heavy (non-hydrogen) atoms. The summed E-state index contributed by atoms with van der Waals surface area (Å²) in [6.45, 7) is 3.40. The third kappa shape index (κ3) is 2.08. The average Bonchev–Trinajstić information content (AvgIpc) is 2.01. The van der Waals surface area contributed by atoms with Gasteiger partial charge in [-0.25, -0.2) is 14.2 Å². The lowest BCUT2D eigenvalue weighted by atomic mass is 10.3. The maximum Gasteiger partial charge on any atom is 0.225 e. The molecule has 1 aromatic heterocycles. The van der Waals surface area contributed by atoms with Gasteiger partial charge in [-0.15, -0.1) is 0 Å². The SMILES string of the molecule is Cc1nc(N(C)C)nc(C)c1S(=O)O. The highest BCUT2D eigenvalue weighted by atomic mass is 32.2. The van der Waals surface area contributed by atoms with E-state index in [-0.39, 0.29) is 0 Å². The van der Waals surface area contributed by atoms with Gasteiger partial charge in [0, 0.05) is 14.1 Å². The molecule has 0 saturated heterocycles. The van der Waals surface area contributed by atoms with Crippen molar-refractivity contribution in [2.75, 3.05) is 19.0 Å². The van der Waals surface area contributed by atoms with Gasteiger partial charge >= 0.3 is 0 Å². The first-order valence-corrected chi connectivity index (χ1v) is 5.17. The average molecular weight is 215 g/mol. The molecule has 0 aliphatic rings. The van der Waals surface area contributed by atoms with Crippen LogP contribution < -0.4 is 4.90 Å². The molecule has 6 heteroatoms. The Kier molecular flexibility index (Phi) is 3.17. The summed E-state index contributed by atoms with van der Waals surface area (Å²) in [4.78, 5) is 10.3. The Balaban J connectivity index is 3.32. The zero-order chi connectivity index (χ0) is 10.9. The Bertz CT molecular complexity index is 356. The topological polar surface area (TPSA) is 66.3 Å². The Morgan fingerprint density at radius 3 is 1.93 bits per heavy atom. The van der Waals surface area contributed by atoms with Crippen LogP contribution in [0.25, 0.3) is 0 Å². The summed E-state index contributed by atoms with van der Waals surface area (Å²) in [5.74, 6) is 0.550. The Morgan fingerprint density at radius 1 is 1.21 bits per heavy atom. The summed E-state index contributed by atoms with van der Waals surface area (Å²) in [6, 6.07) is 0. The quantitative estimate of drug-likeness (QED) is 0.737. The molecule has 0 aromatic carbocycles. The fourth-order valence-electron chi connectivity index (χ4n) is 1.14. The molecule has 1 unspecified atom stereocenters. The van der Waals surface area contributed by atoms with E-state index < -0.39 is 11.1 Å². The lowest BCUT2D eigenvalue weighted by Gasteiger charge is -2.13. The van der Waals surface area contributed by atoms with Crippen LogP contribution in [-0.2, 0) is 11.1 Å². The van der Waals surface area contributed by atoms with Gasteiger partial charge in [0.05, 0.1) is 11.4 Å². The molecule has 1 aromatic rings. The van der Waals surface area contributed by atoms with Gasteiger partial charge in [0.1, 0.15) is 4.90 Å². The van der Waals surface area contributed by atoms with Gasteiger partial charge in [-0.2, -0.15) is 0 Å². The van der Waals surface area contributed by atoms with Crippen molar-refractivity contribution in [1.82, 2.24) is 9.97 Å². The molecule has 1 rings (SSSR count). The second kappa shape index (κ2) is 4.02. The third-order valence-corrected chi connectivity index (χ3v) is 2.71. The van der Waals surface area contributed by atoms with E-state index in [0.29, 0.717) is 22.2 Å². The smallest absolute Gasteiger partial charge is 0.225 e. The molecule has 0 radical (unpaired) electrons. The molecule has 0 aliphatic carbocycles. The van der Waals surface area contributed by atoms with E-state index in [9.17, 15) is 4.21 Å². The molecule has 0 aliphatic heterocycles. The summed E-state index contributed by atoms with van der Waals surface area (Å²) in [6.07, 6.45) is 0. The van der Waals surface area contributed by atoms with Gasteiger partial charge in [-0.1, -0.05) is 0 Å². The first kappa shape index (κ1) is 11.1. The number of aryl methyl sites for hydroxylation is 2. The molecule has 1 N–H and O–H groups in total. The van der Waals surface area contributed by atoms with Crippen molar-refractivity contribution in [2.24, 2.45) is 0 Å². The van der Waals surface area contributed by atoms with Crippen molar-refractivity contribution in [3.63, 3.8) is 0 Å². The van der Waals surface area contributed by atoms with Crippen molar-refractivity contribution in [1.29, 1.82) is 0 Å². The van der Waals surface area contributed by atoms with Crippen molar-refractivity contribution >= 4 is 17.0 Å². The maximum atomic E-state index is 10.9. The highest BCUT2D eigenvalue weighted by molar-refractivity contribution is 7.79. The van der Waals surface area contributed by atoms with E-state index >= 15 is 0 Å². The summed E-state index contributed by atoms with van der Waals surface area (Å²) < 4.78 is 19.9. The first-order chi connectivity index (χ1) is 6.43. The monoisotopic (exact) mass is 215 g/mol. The minimum atomic E-state index is -2.02. The highest BCUT2D eigenvalue weighted by Gasteiger charge is 2.13. The summed E-state index contributed by atoms with van der Waals surface area (Å²) in [5.41, 5.74) is 1.09. The van der Waals surface area contributed by atoms with Crippen LogP contribution in [0.15, 0.2) is 4.90 Å². The van der Waals surface area contributed by atoms with Crippen molar-refractivity contribution in [3.05, 3.63) is 11.4 Å². The summed E-state index contributed by atoms with van der Waals surface area (Å²) in [5, 5.41) is 0. The molecular formula is C8H13N3O2S. The van der Waals surface area contributed by atoms with Gasteiger partial charge < -0.3 is 9.45 Å².